The zero-order valence-corrected chi connectivity index (χ0v) is 30.7. The van der Waals surface area contributed by atoms with Crippen LogP contribution in [0.4, 0.5) is 0 Å². The lowest BCUT2D eigenvalue weighted by molar-refractivity contribution is -0.146. The highest BCUT2D eigenvalue weighted by atomic mass is 16.5. The van der Waals surface area contributed by atoms with Gasteiger partial charge in [0.05, 0.1) is 61.4 Å². The highest BCUT2D eigenvalue weighted by Gasteiger charge is 2.42. The predicted molar refractivity (Wildman–Crippen MR) is 186 cm³/mol. The summed E-state index contributed by atoms with van der Waals surface area (Å²) in [6.45, 7) is 11.8. The molecule has 1 aromatic carbocycles. The van der Waals surface area contributed by atoms with Crippen LogP contribution < -0.4 is 16.0 Å². The van der Waals surface area contributed by atoms with E-state index in [0.29, 0.717) is 18.5 Å². The molecule has 12 heteroatoms. The van der Waals surface area contributed by atoms with Crippen LogP contribution in [0.3, 0.4) is 0 Å². The third-order valence-electron chi connectivity index (χ3n) is 9.96. The number of ether oxygens (including phenoxy) is 2. The monoisotopic (exact) mass is 675 g/mol. The summed E-state index contributed by atoms with van der Waals surface area (Å²) >= 11 is 0. The van der Waals surface area contributed by atoms with E-state index >= 15 is 0 Å². The zero-order valence-electron chi connectivity index (χ0n) is 30.7. The Balaban J connectivity index is 2.14. The molecular weight excluding hydrogens is 614 g/mol. The summed E-state index contributed by atoms with van der Waals surface area (Å²) in [5.74, 6) is -1.45. The standard InChI is InChI=1S/C36H61N5O7/c1-11-23(4)32(40(8)30(43)21-38-36(46)31(37-7)22(2)3)28(47-9)20-29(42)41-19-15-18-27(41)34(48-10)24(5)35(45)39-25(6)33(44)26-16-13-12-14-17-26/h12-14,16-17,22-25,27-28,31-34,37,44H,11,15,18-21H2,1-10H3,(H,38,46)(H,39,45)/t23-,24+,25?,27?,28+,31?,32?,33+,34?/m0/s1. The van der Waals surface area contributed by atoms with Crippen LogP contribution in [0.5, 0.6) is 0 Å². The molecule has 0 bridgehead atoms. The molecule has 1 aliphatic heterocycles. The van der Waals surface area contributed by atoms with Crippen LogP contribution >= 0.6 is 0 Å². The Labute approximate surface area is 287 Å². The van der Waals surface area contributed by atoms with Gasteiger partial charge in [0.2, 0.25) is 23.6 Å². The Morgan fingerprint density at radius 1 is 1.02 bits per heavy atom. The Morgan fingerprint density at radius 2 is 1.67 bits per heavy atom. The molecule has 0 aromatic heterocycles. The summed E-state index contributed by atoms with van der Waals surface area (Å²) < 4.78 is 11.8. The second-order valence-corrected chi connectivity index (χ2v) is 13.5. The summed E-state index contributed by atoms with van der Waals surface area (Å²) in [7, 11) is 6.50. The molecule has 2 rings (SSSR count). The van der Waals surface area contributed by atoms with Crippen molar-refractivity contribution in [2.75, 3.05) is 41.4 Å². The molecule has 272 valence electrons. The predicted octanol–water partition coefficient (Wildman–Crippen LogP) is 2.51. The summed E-state index contributed by atoms with van der Waals surface area (Å²) in [5, 5.41) is 19.4. The van der Waals surface area contributed by atoms with Gasteiger partial charge in [-0.15, -0.1) is 0 Å². The molecule has 1 saturated heterocycles. The summed E-state index contributed by atoms with van der Waals surface area (Å²) in [4.78, 5) is 56.7. The zero-order chi connectivity index (χ0) is 36.1. The fraction of sp³-hybridized carbons (Fsp3) is 0.722. The number of methoxy groups -OCH3 is 2. The van der Waals surface area contributed by atoms with Crippen LogP contribution in [0, 0.1) is 17.8 Å². The van der Waals surface area contributed by atoms with Crippen LogP contribution in [0.25, 0.3) is 0 Å². The maximum Gasteiger partial charge on any atom is 0.242 e. The largest absolute Gasteiger partial charge is 0.386 e. The first kappa shape index (κ1) is 41.1. The van der Waals surface area contributed by atoms with E-state index in [4.69, 9.17) is 9.47 Å². The van der Waals surface area contributed by atoms with E-state index < -0.39 is 42.4 Å². The van der Waals surface area contributed by atoms with E-state index in [0.717, 1.165) is 12.8 Å². The number of likely N-dealkylation sites (tertiary alicyclic amines) is 1. The lowest BCUT2D eigenvalue weighted by atomic mass is 9.90. The number of aliphatic hydroxyl groups is 1. The number of aliphatic hydroxyl groups excluding tert-OH is 1. The Hall–Kier alpha value is -3.06. The van der Waals surface area contributed by atoms with E-state index in [9.17, 15) is 24.3 Å². The van der Waals surface area contributed by atoms with Crippen molar-refractivity contribution in [1.29, 1.82) is 0 Å². The molecule has 4 amide bonds. The van der Waals surface area contributed by atoms with Gasteiger partial charge in [-0.1, -0.05) is 71.4 Å². The second-order valence-electron chi connectivity index (χ2n) is 13.5. The van der Waals surface area contributed by atoms with Crippen LogP contribution in [0.1, 0.15) is 78.9 Å². The third-order valence-corrected chi connectivity index (χ3v) is 9.96. The van der Waals surface area contributed by atoms with Crippen molar-refractivity contribution in [3.63, 3.8) is 0 Å². The summed E-state index contributed by atoms with van der Waals surface area (Å²) in [5.41, 5.74) is 0.711. The minimum atomic E-state index is -0.871. The van der Waals surface area contributed by atoms with Crippen LogP contribution in [0.2, 0.25) is 0 Å². The molecule has 0 saturated carbocycles. The van der Waals surface area contributed by atoms with Crippen molar-refractivity contribution < 1.29 is 33.8 Å². The van der Waals surface area contributed by atoms with Gasteiger partial charge in [-0.25, -0.2) is 0 Å². The number of likely N-dealkylation sites (N-methyl/N-ethyl adjacent to an activating group) is 2. The molecule has 0 aliphatic carbocycles. The molecule has 1 heterocycles. The van der Waals surface area contributed by atoms with Crippen LogP contribution in [0.15, 0.2) is 30.3 Å². The number of amides is 4. The normalized spacial score (nSPS) is 19.8. The molecular formula is C36H61N5O7. The molecule has 48 heavy (non-hydrogen) atoms. The molecule has 0 radical (unpaired) electrons. The Kier molecular flexibility index (Phi) is 17.0. The third kappa shape index (κ3) is 10.7. The average Bonchev–Trinajstić information content (AvgIpc) is 3.56. The first-order chi connectivity index (χ1) is 22.7. The number of hydrogen-bond acceptors (Lipinski definition) is 8. The van der Waals surface area contributed by atoms with E-state index in [2.05, 4.69) is 16.0 Å². The van der Waals surface area contributed by atoms with Gasteiger partial charge in [0.25, 0.3) is 0 Å². The number of nitrogens with one attached hydrogen (secondary N) is 3. The van der Waals surface area contributed by atoms with Crippen molar-refractivity contribution in [3.05, 3.63) is 35.9 Å². The first-order valence-corrected chi connectivity index (χ1v) is 17.3. The average molecular weight is 676 g/mol. The van der Waals surface area contributed by atoms with E-state index in [1.54, 1.807) is 52.0 Å². The summed E-state index contributed by atoms with van der Waals surface area (Å²) in [6, 6.07) is 7.48. The van der Waals surface area contributed by atoms with Gasteiger partial charge in [0.15, 0.2) is 0 Å². The Morgan fingerprint density at radius 3 is 2.21 bits per heavy atom. The molecule has 1 aliphatic rings. The van der Waals surface area contributed by atoms with Gasteiger partial charge in [-0.3, -0.25) is 19.2 Å². The van der Waals surface area contributed by atoms with Crippen molar-refractivity contribution >= 4 is 23.6 Å². The number of carbonyl (C=O) groups excluding carboxylic acids is 4. The van der Waals surface area contributed by atoms with Gasteiger partial charge in [0, 0.05) is 27.8 Å². The maximum atomic E-state index is 13.9. The Bertz CT molecular complexity index is 1170. The highest BCUT2D eigenvalue weighted by Crippen LogP contribution is 2.29. The van der Waals surface area contributed by atoms with Gasteiger partial charge < -0.3 is 40.3 Å². The number of carbonyl (C=O) groups is 4. The van der Waals surface area contributed by atoms with Gasteiger partial charge in [-0.05, 0) is 44.2 Å². The van der Waals surface area contributed by atoms with E-state index in [-0.39, 0.29) is 54.5 Å². The van der Waals surface area contributed by atoms with Crippen molar-refractivity contribution in [2.45, 2.75) is 110 Å². The van der Waals surface area contributed by atoms with Crippen LogP contribution in [-0.4, -0.2) is 116 Å². The second kappa shape index (κ2) is 19.8. The fourth-order valence-corrected chi connectivity index (χ4v) is 6.86. The molecule has 4 N–H and O–H groups in total. The van der Waals surface area contributed by atoms with Crippen molar-refractivity contribution in [3.8, 4) is 0 Å². The molecule has 1 aromatic rings. The number of hydrogen-bond donors (Lipinski definition) is 4. The van der Waals surface area contributed by atoms with Gasteiger partial charge in [0.1, 0.15) is 0 Å². The fourth-order valence-electron chi connectivity index (χ4n) is 6.86. The molecule has 9 atom stereocenters. The molecule has 5 unspecified atom stereocenters. The first-order valence-electron chi connectivity index (χ1n) is 17.3. The number of rotatable bonds is 19. The number of nitrogens with zero attached hydrogens (tertiary/aromatic N) is 2. The lowest BCUT2D eigenvalue weighted by Crippen LogP contribution is -2.55. The maximum absolute atomic E-state index is 13.9. The SMILES string of the molecule is CC[C@H](C)C([C@@H](CC(=O)N1CCCC1C(OC)[C@@H](C)C(=O)NC(C)[C@@H](O)c1ccccc1)OC)N(C)C(=O)CNC(=O)C(NC)C(C)C. The minimum Gasteiger partial charge on any atom is -0.386 e. The smallest absolute Gasteiger partial charge is 0.242 e. The van der Waals surface area contributed by atoms with E-state index in [1.807, 2.05) is 58.0 Å². The highest BCUT2D eigenvalue weighted by molar-refractivity contribution is 5.87. The summed E-state index contributed by atoms with van der Waals surface area (Å²) in [6.07, 6.45) is 0.202. The lowest BCUT2D eigenvalue weighted by Gasteiger charge is -2.39. The topological polar surface area (TPSA) is 150 Å². The van der Waals surface area contributed by atoms with Gasteiger partial charge in [-0.2, -0.15) is 0 Å². The van der Waals surface area contributed by atoms with Gasteiger partial charge >= 0.3 is 0 Å². The van der Waals surface area contributed by atoms with Crippen LogP contribution in [-0.2, 0) is 28.7 Å². The van der Waals surface area contributed by atoms with Crippen molar-refractivity contribution in [1.82, 2.24) is 25.8 Å². The quantitative estimate of drug-likeness (QED) is 0.175. The molecule has 0 spiro atoms. The minimum absolute atomic E-state index is 0.00571. The molecule has 1 fully saturated rings. The number of benzene rings is 1. The van der Waals surface area contributed by atoms with Crippen molar-refractivity contribution in [2.24, 2.45) is 17.8 Å². The van der Waals surface area contributed by atoms with E-state index in [1.165, 1.54) is 0 Å². The molecule has 12 nitrogen and oxygen atoms in total.